The van der Waals surface area contributed by atoms with Crippen LogP contribution in [0.15, 0.2) is 0 Å². The molecular weight excluding hydrogens is 162 g/mol. The highest BCUT2D eigenvalue weighted by molar-refractivity contribution is 4.95. The van der Waals surface area contributed by atoms with E-state index < -0.39 is 0 Å². The molecule has 1 atom stereocenters. The van der Waals surface area contributed by atoms with Gasteiger partial charge in [0.1, 0.15) is 0 Å². The maximum absolute atomic E-state index is 9.81. The molecule has 0 amide bonds. The fourth-order valence-corrected chi connectivity index (χ4v) is 2.44. The maximum atomic E-state index is 9.81. The van der Waals surface area contributed by atoms with Gasteiger partial charge in [-0.05, 0) is 19.8 Å². The number of hydrogen-bond donors (Lipinski definition) is 2. The van der Waals surface area contributed by atoms with Crippen molar-refractivity contribution in [2.75, 3.05) is 0 Å². The molecule has 2 heteroatoms. The van der Waals surface area contributed by atoms with Crippen molar-refractivity contribution < 1.29 is 5.11 Å². The summed E-state index contributed by atoms with van der Waals surface area (Å²) < 4.78 is 0. The van der Waals surface area contributed by atoms with Gasteiger partial charge in [0.05, 0.1) is 6.10 Å². The number of aliphatic hydroxyl groups is 1. The summed E-state index contributed by atoms with van der Waals surface area (Å²) in [5.41, 5.74) is 0.00637. The van der Waals surface area contributed by atoms with Gasteiger partial charge in [-0.15, -0.1) is 0 Å². The summed E-state index contributed by atoms with van der Waals surface area (Å²) in [4.78, 5) is 0. The minimum atomic E-state index is -0.227. The zero-order valence-corrected chi connectivity index (χ0v) is 9.14. The van der Waals surface area contributed by atoms with Crippen molar-refractivity contribution in [1.29, 1.82) is 0 Å². The molecular formula is C11H23NO. The Kier molecular flexibility index (Phi) is 3.74. The monoisotopic (exact) mass is 185 g/mol. The smallest absolute Gasteiger partial charge is 0.0693 e. The second-order valence-corrected chi connectivity index (χ2v) is 4.69. The number of hydrogen-bond acceptors (Lipinski definition) is 2. The lowest BCUT2D eigenvalue weighted by molar-refractivity contribution is 0.0408. The Hall–Kier alpha value is -0.0800. The number of rotatable bonds is 3. The van der Waals surface area contributed by atoms with Gasteiger partial charge in [0.2, 0.25) is 0 Å². The molecule has 1 unspecified atom stereocenters. The van der Waals surface area contributed by atoms with Crippen LogP contribution >= 0.6 is 0 Å². The molecule has 1 saturated carbocycles. The molecule has 1 aliphatic carbocycles. The van der Waals surface area contributed by atoms with E-state index in [1.165, 1.54) is 19.3 Å². The number of aliphatic hydroxyl groups excluding tert-OH is 1. The van der Waals surface area contributed by atoms with Gasteiger partial charge in [-0.3, -0.25) is 0 Å². The largest absolute Gasteiger partial charge is 0.391 e. The molecule has 2 N–H and O–H groups in total. The van der Waals surface area contributed by atoms with Crippen LogP contribution in [0.1, 0.15) is 52.9 Å². The molecule has 1 aliphatic rings. The van der Waals surface area contributed by atoms with Crippen LogP contribution in [0.2, 0.25) is 0 Å². The van der Waals surface area contributed by atoms with E-state index in [0.29, 0.717) is 6.04 Å². The highest BCUT2D eigenvalue weighted by atomic mass is 16.3. The molecule has 0 aromatic heterocycles. The normalized spacial score (nSPS) is 24.7. The lowest BCUT2D eigenvalue weighted by Gasteiger charge is -2.42. The summed E-state index contributed by atoms with van der Waals surface area (Å²) >= 11 is 0. The van der Waals surface area contributed by atoms with Crippen LogP contribution in [0.3, 0.4) is 0 Å². The quantitative estimate of drug-likeness (QED) is 0.705. The van der Waals surface area contributed by atoms with E-state index in [1.54, 1.807) is 0 Å². The van der Waals surface area contributed by atoms with Gasteiger partial charge in [0.25, 0.3) is 0 Å². The van der Waals surface area contributed by atoms with E-state index in [0.717, 1.165) is 12.8 Å². The minimum absolute atomic E-state index is 0.00637. The SMILES string of the molecule is CC(C)NC1(C(C)O)CCCCC1. The van der Waals surface area contributed by atoms with Crippen LogP contribution < -0.4 is 5.32 Å². The summed E-state index contributed by atoms with van der Waals surface area (Å²) in [6, 6.07) is 0.465. The molecule has 0 aliphatic heterocycles. The molecule has 1 fully saturated rings. The fraction of sp³-hybridized carbons (Fsp3) is 1.00. The molecule has 78 valence electrons. The summed E-state index contributed by atoms with van der Waals surface area (Å²) in [6.07, 6.45) is 5.87. The summed E-state index contributed by atoms with van der Waals surface area (Å²) in [6.45, 7) is 6.22. The second kappa shape index (κ2) is 4.43. The van der Waals surface area contributed by atoms with Gasteiger partial charge < -0.3 is 10.4 Å². The van der Waals surface area contributed by atoms with E-state index in [9.17, 15) is 5.11 Å². The molecule has 0 radical (unpaired) electrons. The Morgan fingerprint density at radius 1 is 1.08 bits per heavy atom. The van der Waals surface area contributed by atoms with Crippen LogP contribution in [-0.2, 0) is 0 Å². The van der Waals surface area contributed by atoms with Gasteiger partial charge in [0.15, 0.2) is 0 Å². The van der Waals surface area contributed by atoms with Gasteiger partial charge in [0, 0.05) is 11.6 Å². The van der Waals surface area contributed by atoms with E-state index in [-0.39, 0.29) is 11.6 Å². The Morgan fingerprint density at radius 2 is 1.62 bits per heavy atom. The first-order chi connectivity index (χ1) is 6.07. The average molecular weight is 185 g/mol. The first-order valence-electron chi connectivity index (χ1n) is 5.52. The Bertz CT molecular complexity index is 148. The standard InChI is InChI=1S/C11H23NO/c1-9(2)12-11(10(3)13)7-5-4-6-8-11/h9-10,12-13H,4-8H2,1-3H3. The third-order valence-electron chi connectivity index (χ3n) is 3.12. The molecule has 0 saturated heterocycles. The van der Waals surface area contributed by atoms with Crippen LogP contribution in [0, 0.1) is 0 Å². The predicted octanol–water partition coefficient (Wildman–Crippen LogP) is 2.07. The van der Waals surface area contributed by atoms with Gasteiger partial charge >= 0.3 is 0 Å². The van der Waals surface area contributed by atoms with Crippen LogP contribution in [0.25, 0.3) is 0 Å². The topological polar surface area (TPSA) is 32.3 Å². The third-order valence-corrected chi connectivity index (χ3v) is 3.12. The molecule has 0 bridgehead atoms. The molecule has 0 heterocycles. The Balaban J connectivity index is 2.61. The van der Waals surface area contributed by atoms with Crippen molar-refractivity contribution in [2.45, 2.75) is 70.6 Å². The van der Waals surface area contributed by atoms with Crippen LogP contribution in [-0.4, -0.2) is 22.8 Å². The van der Waals surface area contributed by atoms with E-state index in [1.807, 2.05) is 6.92 Å². The number of nitrogens with one attached hydrogen (secondary N) is 1. The van der Waals surface area contributed by atoms with Crippen molar-refractivity contribution >= 4 is 0 Å². The fourth-order valence-electron chi connectivity index (χ4n) is 2.44. The minimum Gasteiger partial charge on any atom is -0.391 e. The summed E-state index contributed by atoms with van der Waals surface area (Å²) in [5.74, 6) is 0. The molecule has 0 aromatic carbocycles. The Morgan fingerprint density at radius 3 is 2.00 bits per heavy atom. The van der Waals surface area contributed by atoms with Crippen molar-refractivity contribution in [3.05, 3.63) is 0 Å². The third kappa shape index (κ3) is 2.68. The first-order valence-corrected chi connectivity index (χ1v) is 5.52. The van der Waals surface area contributed by atoms with E-state index in [2.05, 4.69) is 19.2 Å². The Labute approximate surface area is 81.7 Å². The zero-order valence-electron chi connectivity index (χ0n) is 9.14. The van der Waals surface area contributed by atoms with Gasteiger partial charge in [-0.2, -0.15) is 0 Å². The van der Waals surface area contributed by atoms with Crippen LogP contribution in [0.4, 0.5) is 0 Å². The molecule has 1 rings (SSSR count). The molecule has 13 heavy (non-hydrogen) atoms. The predicted molar refractivity (Wildman–Crippen MR) is 55.8 cm³/mol. The summed E-state index contributed by atoms with van der Waals surface area (Å²) in [7, 11) is 0. The van der Waals surface area contributed by atoms with Crippen molar-refractivity contribution in [3.8, 4) is 0 Å². The van der Waals surface area contributed by atoms with Crippen LogP contribution in [0.5, 0.6) is 0 Å². The van der Waals surface area contributed by atoms with Crippen molar-refractivity contribution in [1.82, 2.24) is 5.32 Å². The second-order valence-electron chi connectivity index (χ2n) is 4.69. The molecule has 0 aromatic rings. The van der Waals surface area contributed by atoms with E-state index >= 15 is 0 Å². The average Bonchev–Trinajstić information content (AvgIpc) is 2.04. The lowest BCUT2D eigenvalue weighted by atomic mass is 9.77. The molecule has 0 spiro atoms. The maximum Gasteiger partial charge on any atom is 0.0693 e. The van der Waals surface area contributed by atoms with Crippen molar-refractivity contribution in [2.24, 2.45) is 0 Å². The molecule has 2 nitrogen and oxygen atoms in total. The van der Waals surface area contributed by atoms with E-state index in [4.69, 9.17) is 0 Å². The lowest BCUT2D eigenvalue weighted by Crippen LogP contribution is -2.56. The summed E-state index contributed by atoms with van der Waals surface area (Å²) in [5, 5.41) is 13.4. The van der Waals surface area contributed by atoms with Gasteiger partial charge in [-0.1, -0.05) is 33.1 Å². The highest BCUT2D eigenvalue weighted by Gasteiger charge is 2.36. The highest BCUT2D eigenvalue weighted by Crippen LogP contribution is 2.31. The van der Waals surface area contributed by atoms with Crippen molar-refractivity contribution in [3.63, 3.8) is 0 Å². The zero-order chi connectivity index (χ0) is 9.90. The van der Waals surface area contributed by atoms with Gasteiger partial charge in [-0.25, -0.2) is 0 Å². The first kappa shape index (κ1) is 11.0.